The second kappa shape index (κ2) is 7.62. The lowest BCUT2D eigenvalue weighted by Crippen LogP contribution is -2.15. The largest absolute Gasteiger partial charge is 0.321 e. The number of anilines is 1. The molecular weight excluding hydrogens is 372 g/mol. The summed E-state index contributed by atoms with van der Waals surface area (Å²) in [5, 5.41) is 14.0. The molecule has 0 spiro atoms. The third-order valence-corrected chi connectivity index (χ3v) is 6.51. The number of nitriles is 1. The molecule has 0 bridgehead atoms. The molecule has 7 nitrogen and oxygen atoms in total. The van der Waals surface area contributed by atoms with Gasteiger partial charge in [0.25, 0.3) is 12.3 Å². The maximum absolute atomic E-state index is 12.8. The van der Waals surface area contributed by atoms with Crippen molar-refractivity contribution in [3.8, 4) is 6.19 Å². The zero-order chi connectivity index (χ0) is 18.6. The van der Waals surface area contributed by atoms with Gasteiger partial charge in [0.05, 0.1) is 9.73 Å². The molecule has 0 fully saturated rings. The Morgan fingerprint density at radius 2 is 2.00 bits per heavy atom. The highest BCUT2D eigenvalue weighted by atomic mass is 32.2. The van der Waals surface area contributed by atoms with Crippen molar-refractivity contribution < 1.29 is 17.8 Å². The van der Waals surface area contributed by atoms with Gasteiger partial charge in [0.2, 0.25) is 6.19 Å². The highest BCUT2D eigenvalue weighted by Crippen LogP contribution is 2.25. The number of hydrogen-bond donors (Lipinski definition) is 1. The smallest absolute Gasteiger partial charge is 0.283 e. The summed E-state index contributed by atoms with van der Waals surface area (Å²) in [5.74, 6) is -0.760. The zero-order valence-electron chi connectivity index (χ0n) is 13.1. The van der Waals surface area contributed by atoms with E-state index in [4.69, 9.17) is 5.26 Å². The van der Waals surface area contributed by atoms with Gasteiger partial charge in [0, 0.05) is 15.8 Å². The number of rotatable bonds is 5. The number of carbonyl (C=O) groups excluding carboxylic acids is 1. The maximum atomic E-state index is 12.8. The minimum Gasteiger partial charge on any atom is -0.321 e. The SMILES string of the molecule is CC(C)S(=O)(=NC#N)c1ccc(NC(=O)c2snnc2C(F)F)cc1. The van der Waals surface area contributed by atoms with Crippen LogP contribution in [0.25, 0.3) is 0 Å². The monoisotopic (exact) mass is 385 g/mol. The lowest BCUT2D eigenvalue weighted by molar-refractivity contribution is 0.101. The van der Waals surface area contributed by atoms with Crippen LogP contribution in [0.5, 0.6) is 0 Å². The van der Waals surface area contributed by atoms with Gasteiger partial charge < -0.3 is 5.32 Å². The Morgan fingerprint density at radius 1 is 1.36 bits per heavy atom. The lowest BCUT2D eigenvalue weighted by atomic mass is 10.3. The van der Waals surface area contributed by atoms with Crippen LogP contribution >= 0.6 is 11.5 Å². The molecule has 1 aromatic carbocycles. The second-order valence-corrected chi connectivity index (χ2v) is 8.56. The van der Waals surface area contributed by atoms with Crippen molar-refractivity contribution in [1.29, 1.82) is 5.26 Å². The molecule has 0 saturated heterocycles. The molecule has 1 heterocycles. The van der Waals surface area contributed by atoms with Crippen LogP contribution in [0.3, 0.4) is 0 Å². The topological polar surface area (TPSA) is 108 Å². The van der Waals surface area contributed by atoms with Crippen molar-refractivity contribution in [1.82, 2.24) is 9.59 Å². The molecule has 1 amide bonds. The zero-order valence-corrected chi connectivity index (χ0v) is 14.8. The Bertz CT molecular complexity index is 925. The van der Waals surface area contributed by atoms with E-state index in [1.54, 1.807) is 20.0 Å². The summed E-state index contributed by atoms with van der Waals surface area (Å²) >= 11 is 0.573. The van der Waals surface area contributed by atoms with Gasteiger partial charge in [-0.05, 0) is 49.6 Å². The lowest BCUT2D eigenvalue weighted by Gasteiger charge is -2.13. The molecule has 1 unspecified atom stereocenters. The van der Waals surface area contributed by atoms with E-state index in [-0.39, 0.29) is 10.1 Å². The Labute approximate surface area is 147 Å². The maximum Gasteiger partial charge on any atom is 0.283 e. The van der Waals surface area contributed by atoms with Gasteiger partial charge in [-0.25, -0.2) is 13.0 Å². The first kappa shape index (κ1) is 18.9. The van der Waals surface area contributed by atoms with Gasteiger partial charge in [-0.1, -0.05) is 4.49 Å². The highest BCUT2D eigenvalue weighted by molar-refractivity contribution is 7.94. The van der Waals surface area contributed by atoms with Crippen molar-refractivity contribution in [2.24, 2.45) is 4.36 Å². The van der Waals surface area contributed by atoms with E-state index in [9.17, 15) is 17.8 Å². The quantitative estimate of drug-likeness (QED) is 0.793. The fraction of sp³-hybridized carbons (Fsp3) is 0.286. The van der Waals surface area contributed by atoms with Crippen molar-refractivity contribution in [3.05, 3.63) is 34.8 Å². The molecule has 1 atom stereocenters. The van der Waals surface area contributed by atoms with Crippen LogP contribution in [0.4, 0.5) is 14.5 Å². The molecule has 0 aliphatic heterocycles. The number of nitrogens with zero attached hydrogens (tertiary/aromatic N) is 4. The van der Waals surface area contributed by atoms with E-state index in [0.29, 0.717) is 22.1 Å². The summed E-state index contributed by atoms with van der Waals surface area (Å²) in [4.78, 5) is 12.1. The molecular formula is C14H13F2N5O2S2. The number of benzene rings is 1. The predicted octanol–water partition coefficient (Wildman–Crippen LogP) is 3.44. The Morgan fingerprint density at radius 3 is 2.52 bits per heavy atom. The Kier molecular flexibility index (Phi) is 5.76. The molecule has 0 aliphatic carbocycles. The van der Waals surface area contributed by atoms with E-state index >= 15 is 0 Å². The van der Waals surface area contributed by atoms with Crippen LogP contribution in [0, 0.1) is 11.5 Å². The van der Waals surface area contributed by atoms with Crippen LogP contribution in [0.15, 0.2) is 33.5 Å². The van der Waals surface area contributed by atoms with Gasteiger partial charge in [-0.2, -0.15) is 5.26 Å². The fourth-order valence-electron chi connectivity index (χ4n) is 1.91. The Balaban J connectivity index is 2.25. The normalized spacial score (nSPS) is 13.3. The van der Waals surface area contributed by atoms with Crippen LogP contribution in [0.2, 0.25) is 0 Å². The summed E-state index contributed by atoms with van der Waals surface area (Å²) in [7, 11) is -2.91. The number of nitrogens with one attached hydrogen (secondary N) is 1. The third kappa shape index (κ3) is 3.97. The molecule has 2 rings (SSSR count). The Hall–Kier alpha value is -2.45. The summed E-state index contributed by atoms with van der Waals surface area (Å²) < 4.78 is 45.1. The van der Waals surface area contributed by atoms with Gasteiger partial charge in [-0.15, -0.1) is 9.46 Å². The summed E-state index contributed by atoms with van der Waals surface area (Å²) in [6, 6.07) is 5.85. The van der Waals surface area contributed by atoms with E-state index in [2.05, 4.69) is 19.3 Å². The molecule has 2 aromatic rings. The average molecular weight is 385 g/mol. The molecule has 11 heteroatoms. The molecule has 25 heavy (non-hydrogen) atoms. The fourth-order valence-corrected chi connectivity index (χ4v) is 3.99. The molecule has 132 valence electrons. The van der Waals surface area contributed by atoms with Gasteiger partial charge in [-0.3, -0.25) is 4.79 Å². The standard InChI is InChI=1S/C14H13F2N5O2S2/c1-8(2)25(23,18-7-17)10-5-3-9(4-6-10)19-14(22)12-11(13(15)16)20-21-24-12/h3-6,8,13H,1-2H3,(H,19,22). The van der Waals surface area contributed by atoms with E-state index in [1.807, 2.05) is 0 Å². The molecule has 0 radical (unpaired) electrons. The molecule has 0 saturated carbocycles. The summed E-state index contributed by atoms with van der Waals surface area (Å²) in [6.07, 6.45) is -1.33. The van der Waals surface area contributed by atoms with Crippen LogP contribution in [0.1, 0.15) is 35.6 Å². The second-order valence-electron chi connectivity index (χ2n) is 5.08. The molecule has 1 N–H and O–H groups in total. The number of aromatic nitrogens is 2. The van der Waals surface area contributed by atoms with Crippen LogP contribution in [-0.4, -0.2) is 25.0 Å². The molecule has 1 aromatic heterocycles. The minimum atomic E-state index is -2.91. The first-order chi connectivity index (χ1) is 11.8. The third-order valence-electron chi connectivity index (χ3n) is 3.19. The number of amides is 1. The number of hydrogen-bond acceptors (Lipinski definition) is 7. The van der Waals surface area contributed by atoms with Crippen LogP contribution in [-0.2, 0) is 9.73 Å². The van der Waals surface area contributed by atoms with Crippen molar-refractivity contribution in [2.75, 3.05) is 5.32 Å². The first-order valence-corrected chi connectivity index (χ1v) is 9.30. The predicted molar refractivity (Wildman–Crippen MR) is 88.8 cm³/mol. The number of halogens is 2. The van der Waals surface area contributed by atoms with E-state index in [1.165, 1.54) is 24.3 Å². The minimum absolute atomic E-state index is 0.274. The number of alkyl halides is 2. The summed E-state index contributed by atoms with van der Waals surface area (Å²) in [5.41, 5.74) is -0.361. The average Bonchev–Trinajstić information content (AvgIpc) is 3.05. The van der Waals surface area contributed by atoms with Crippen LogP contribution < -0.4 is 5.32 Å². The van der Waals surface area contributed by atoms with E-state index < -0.39 is 27.8 Å². The van der Waals surface area contributed by atoms with Gasteiger partial charge >= 0.3 is 0 Å². The first-order valence-electron chi connectivity index (χ1n) is 6.95. The van der Waals surface area contributed by atoms with Crippen molar-refractivity contribution >= 4 is 32.9 Å². The van der Waals surface area contributed by atoms with Crippen molar-refractivity contribution in [3.63, 3.8) is 0 Å². The van der Waals surface area contributed by atoms with E-state index in [0.717, 1.165) is 0 Å². The highest BCUT2D eigenvalue weighted by Gasteiger charge is 2.23. The van der Waals surface area contributed by atoms with Gasteiger partial charge in [0.1, 0.15) is 4.88 Å². The molecule has 0 aliphatic rings. The number of carbonyl (C=O) groups is 1. The summed E-state index contributed by atoms with van der Waals surface area (Å²) in [6.45, 7) is 3.36. The van der Waals surface area contributed by atoms with Gasteiger partial charge in [0.15, 0.2) is 5.69 Å². The van der Waals surface area contributed by atoms with Crippen molar-refractivity contribution in [2.45, 2.75) is 30.4 Å².